The lowest BCUT2D eigenvalue weighted by Crippen LogP contribution is -2.34. The number of aliphatic hydroxyl groups excluding tert-OH is 1. The fourth-order valence-electron chi connectivity index (χ4n) is 2.93. The standard InChI is InChI=1S/C17H15N3O4/c18-5-10-1-3-12(19-6-10)11-2-4-15(20-7-11)24-14-9-23-16-13(21)8-22-17(14)16/h1-4,6-7,13-14,16-17,21H,8-9H2. The van der Waals surface area contributed by atoms with E-state index in [-0.39, 0.29) is 24.9 Å². The summed E-state index contributed by atoms with van der Waals surface area (Å²) in [4.78, 5) is 8.53. The monoisotopic (exact) mass is 325 g/mol. The van der Waals surface area contributed by atoms with E-state index in [0.29, 0.717) is 18.1 Å². The fraction of sp³-hybridized carbons (Fsp3) is 0.353. The van der Waals surface area contributed by atoms with Crippen LogP contribution >= 0.6 is 0 Å². The molecule has 2 aliphatic rings. The lowest BCUT2D eigenvalue weighted by atomic mass is 10.1. The molecule has 0 amide bonds. The lowest BCUT2D eigenvalue weighted by molar-refractivity contribution is 0.00780. The van der Waals surface area contributed by atoms with E-state index in [1.165, 1.54) is 6.20 Å². The van der Waals surface area contributed by atoms with Crippen molar-refractivity contribution in [2.75, 3.05) is 13.2 Å². The average Bonchev–Trinajstić information content (AvgIpc) is 3.19. The molecule has 4 atom stereocenters. The van der Waals surface area contributed by atoms with E-state index in [1.54, 1.807) is 24.4 Å². The van der Waals surface area contributed by atoms with E-state index in [1.807, 2.05) is 12.1 Å². The SMILES string of the molecule is N#Cc1ccc(-c2ccc(OC3COC4C(O)COC34)nc2)nc1. The molecule has 1 N–H and O–H groups in total. The van der Waals surface area contributed by atoms with Crippen molar-refractivity contribution in [1.82, 2.24) is 9.97 Å². The second-order valence-electron chi connectivity index (χ2n) is 5.75. The van der Waals surface area contributed by atoms with Crippen molar-refractivity contribution in [1.29, 1.82) is 5.26 Å². The third-order valence-electron chi connectivity index (χ3n) is 4.18. The fourth-order valence-corrected chi connectivity index (χ4v) is 2.93. The molecular formula is C17H15N3O4. The molecule has 0 bridgehead atoms. The molecule has 2 saturated heterocycles. The van der Waals surface area contributed by atoms with E-state index >= 15 is 0 Å². The van der Waals surface area contributed by atoms with Gasteiger partial charge in [0.05, 0.1) is 24.5 Å². The summed E-state index contributed by atoms with van der Waals surface area (Å²) >= 11 is 0. The van der Waals surface area contributed by atoms with Gasteiger partial charge in [0.2, 0.25) is 5.88 Å². The maximum absolute atomic E-state index is 9.73. The summed E-state index contributed by atoms with van der Waals surface area (Å²) in [5, 5.41) is 18.5. The van der Waals surface area contributed by atoms with Gasteiger partial charge >= 0.3 is 0 Å². The first-order valence-electron chi connectivity index (χ1n) is 7.65. The Balaban J connectivity index is 1.45. The molecule has 4 unspecified atom stereocenters. The van der Waals surface area contributed by atoms with E-state index < -0.39 is 6.10 Å². The summed E-state index contributed by atoms with van der Waals surface area (Å²) in [6.45, 7) is 0.638. The quantitative estimate of drug-likeness (QED) is 0.896. The zero-order valence-electron chi connectivity index (χ0n) is 12.7. The Bertz CT molecular complexity index is 757. The van der Waals surface area contributed by atoms with E-state index in [9.17, 15) is 5.11 Å². The van der Waals surface area contributed by atoms with Crippen LogP contribution in [0.25, 0.3) is 11.3 Å². The van der Waals surface area contributed by atoms with Gasteiger partial charge in [-0.05, 0) is 18.2 Å². The van der Waals surface area contributed by atoms with Gasteiger partial charge in [-0.2, -0.15) is 5.26 Å². The highest BCUT2D eigenvalue weighted by Crippen LogP contribution is 2.29. The minimum Gasteiger partial charge on any atom is -0.469 e. The third kappa shape index (κ3) is 2.71. The molecule has 0 radical (unpaired) electrons. The summed E-state index contributed by atoms with van der Waals surface area (Å²) in [5.74, 6) is 0.464. The molecule has 0 saturated carbocycles. The number of aromatic nitrogens is 2. The van der Waals surface area contributed by atoms with Crippen molar-refractivity contribution in [2.24, 2.45) is 0 Å². The highest BCUT2D eigenvalue weighted by molar-refractivity contribution is 5.58. The first kappa shape index (κ1) is 15.0. The molecule has 2 aromatic heterocycles. The zero-order chi connectivity index (χ0) is 16.5. The van der Waals surface area contributed by atoms with Crippen LogP contribution in [-0.2, 0) is 9.47 Å². The second kappa shape index (κ2) is 6.17. The number of nitrogens with zero attached hydrogens (tertiary/aromatic N) is 3. The van der Waals surface area contributed by atoms with Gasteiger partial charge in [-0.25, -0.2) is 4.98 Å². The molecule has 7 nitrogen and oxygen atoms in total. The Hall–Kier alpha value is -2.53. The molecule has 2 fully saturated rings. The van der Waals surface area contributed by atoms with Crippen molar-refractivity contribution in [3.05, 3.63) is 42.2 Å². The number of aliphatic hydroxyl groups is 1. The summed E-state index contributed by atoms with van der Waals surface area (Å²) in [5.41, 5.74) is 2.08. The number of ether oxygens (including phenoxy) is 3. The van der Waals surface area contributed by atoms with Crippen LogP contribution in [-0.4, -0.2) is 52.7 Å². The topological polar surface area (TPSA) is 97.5 Å². The van der Waals surface area contributed by atoms with Crippen LogP contribution in [0.15, 0.2) is 36.7 Å². The van der Waals surface area contributed by atoms with Gasteiger partial charge in [-0.3, -0.25) is 4.98 Å². The lowest BCUT2D eigenvalue weighted by Gasteiger charge is -2.17. The van der Waals surface area contributed by atoms with Crippen molar-refractivity contribution < 1.29 is 19.3 Å². The predicted molar refractivity (Wildman–Crippen MR) is 82.1 cm³/mol. The molecule has 122 valence electrons. The number of rotatable bonds is 3. The summed E-state index contributed by atoms with van der Waals surface area (Å²) < 4.78 is 16.9. The Morgan fingerprint density at radius 1 is 1.08 bits per heavy atom. The molecule has 0 aliphatic carbocycles. The molecule has 4 rings (SSSR count). The number of nitriles is 1. The molecule has 2 aromatic rings. The third-order valence-corrected chi connectivity index (χ3v) is 4.18. The van der Waals surface area contributed by atoms with E-state index in [0.717, 1.165) is 11.3 Å². The molecule has 24 heavy (non-hydrogen) atoms. The maximum Gasteiger partial charge on any atom is 0.213 e. The highest BCUT2D eigenvalue weighted by Gasteiger charge is 2.48. The molecule has 0 aromatic carbocycles. The number of fused-ring (bicyclic) bond motifs is 1. The smallest absolute Gasteiger partial charge is 0.213 e. The maximum atomic E-state index is 9.73. The van der Waals surface area contributed by atoms with Gasteiger partial charge in [0, 0.05) is 24.0 Å². The van der Waals surface area contributed by atoms with Crippen molar-refractivity contribution >= 4 is 0 Å². The second-order valence-corrected chi connectivity index (χ2v) is 5.75. The molecular weight excluding hydrogens is 310 g/mol. The van der Waals surface area contributed by atoms with Crippen LogP contribution in [0.2, 0.25) is 0 Å². The van der Waals surface area contributed by atoms with E-state index in [4.69, 9.17) is 19.5 Å². The largest absolute Gasteiger partial charge is 0.469 e. The van der Waals surface area contributed by atoms with Gasteiger partial charge in [0.15, 0.2) is 6.10 Å². The van der Waals surface area contributed by atoms with Gasteiger partial charge in [0.1, 0.15) is 24.4 Å². The average molecular weight is 325 g/mol. The number of pyridine rings is 2. The summed E-state index contributed by atoms with van der Waals surface area (Å²) in [6, 6.07) is 9.14. The van der Waals surface area contributed by atoms with Crippen LogP contribution in [0.4, 0.5) is 0 Å². The van der Waals surface area contributed by atoms with E-state index in [2.05, 4.69) is 9.97 Å². The van der Waals surface area contributed by atoms with Gasteiger partial charge in [-0.1, -0.05) is 0 Å². The number of hydrogen-bond acceptors (Lipinski definition) is 7. The van der Waals surface area contributed by atoms with Crippen molar-refractivity contribution in [3.63, 3.8) is 0 Å². The Morgan fingerprint density at radius 3 is 2.67 bits per heavy atom. The molecule has 7 heteroatoms. The summed E-state index contributed by atoms with van der Waals surface area (Å²) in [7, 11) is 0. The Kier molecular flexibility index (Phi) is 3.86. The van der Waals surface area contributed by atoms with Gasteiger partial charge in [0.25, 0.3) is 0 Å². The van der Waals surface area contributed by atoms with Crippen LogP contribution in [0.3, 0.4) is 0 Å². The summed E-state index contributed by atoms with van der Waals surface area (Å²) in [6.07, 6.45) is 1.73. The molecule has 4 heterocycles. The first-order valence-corrected chi connectivity index (χ1v) is 7.65. The van der Waals surface area contributed by atoms with Crippen LogP contribution in [0, 0.1) is 11.3 Å². The van der Waals surface area contributed by atoms with Crippen LogP contribution in [0.5, 0.6) is 5.88 Å². The molecule has 0 spiro atoms. The Labute approximate surface area is 138 Å². The molecule has 2 aliphatic heterocycles. The first-order chi connectivity index (χ1) is 11.7. The number of hydrogen-bond donors (Lipinski definition) is 1. The zero-order valence-corrected chi connectivity index (χ0v) is 12.7. The predicted octanol–water partition coefficient (Wildman–Crippen LogP) is 0.921. The minimum absolute atomic E-state index is 0.262. The van der Waals surface area contributed by atoms with Crippen molar-refractivity contribution in [2.45, 2.75) is 24.4 Å². The normalized spacial score (nSPS) is 28.3. The van der Waals surface area contributed by atoms with Gasteiger partial charge in [-0.15, -0.1) is 0 Å². The van der Waals surface area contributed by atoms with Crippen molar-refractivity contribution in [3.8, 4) is 23.2 Å². The van der Waals surface area contributed by atoms with Gasteiger partial charge < -0.3 is 19.3 Å². The Morgan fingerprint density at radius 2 is 1.96 bits per heavy atom. The van der Waals surface area contributed by atoms with Crippen LogP contribution in [0.1, 0.15) is 5.56 Å². The minimum atomic E-state index is -0.596. The van der Waals surface area contributed by atoms with Crippen LogP contribution < -0.4 is 4.74 Å². The highest BCUT2D eigenvalue weighted by atomic mass is 16.6.